The summed E-state index contributed by atoms with van der Waals surface area (Å²) in [6.07, 6.45) is 2.26. The van der Waals surface area contributed by atoms with Gasteiger partial charge >= 0.3 is 0 Å². The number of carbonyl (C=O) groups is 2. The van der Waals surface area contributed by atoms with Gasteiger partial charge < -0.3 is 15.3 Å². The van der Waals surface area contributed by atoms with Gasteiger partial charge in [-0.05, 0) is 43.4 Å². The smallest absolute Gasteiger partial charge is 0.197 e. The molecule has 0 aliphatic heterocycles. The Labute approximate surface area is 142 Å². The topological polar surface area (TPSA) is 94.8 Å². The van der Waals surface area contributed by atoms with E-state index in [1.54, 1.807) is 0 Å². The highest BCUT2D eigenvalue weighted by molar-refractivity contribution is 6.06. The molecular formula is C19H28O5. The van der Waals surface area contributed by atoms with Crippen LogP contribution < -0.4 is 0 Å². The molecule has 1 spiro atoms. The van der Waals surface area contributed by atoms with E-state index in [-0.39, 0.29) is 24.2 Å². The predicted molar refractivity (Wildman–Crippen MR) is 86.1 cm³/mol. The maximum atomic E-state index is 13.1. The van der Waals surface area contributed by atoms with Gasteiger partial charge in [0, 0.05) is 17.3 Å². The first-order chi connectivity index (χ1) is 10.9. The van der Waals surface area contributed by atoms with Gasteiger partial charge in [-0.3, -0.25) is 9.59 Å². The van der Waals surface area contributed by atoms with Gasteiger partial charge in [0.1, 0.15) is 5.60 Å². The first-order valence-corrected chi connectivity index (χ1v) is 9.15. The molecule has 4 aliphatic rings. The SMILES string of the molecule is CC1(C)CCC[C@]2(C)[C@@H]1CCC13CC(=O)[C@](O)(C1)[C@@H](O)C(=O)[C@]32O. The van der Waals surface area contributed by atoms with Gasteiger partial charge in [0.05, 0.1) is 0 Å². The van der Waals surface area contributed by atoms with Crippen molar-refractivity contribution in [2.75, 3.05) is 0 Å². The minimum atomic E-state index is -2.00. The summed E-state index contributed by atoms with van der Waals surface area (Å²) in [5.41, 5.74) is -5.33. The van der Waals surface area contributed by atoms with Crippen molar-refractivity contribution in [3.05, 3.63) is 0 Å². The number of ketones is 2. The quantitative estimate of drug-likeness (QED) is 0.621. The van der Waals surface area contributed by atoms with Crippen molar-refractivity contribution >= 4 is 11.6 Å². The fourth-order valence-corrected chi connectivity index (χ4v) is 7.25. The summed E-state index contributed by atoms with van der Waals surface area (Å²) >= 11 is 0. The molecule has 0 aromatic carbocycles. The molecule has 0 radical (unpaired) electrons. The third kappa shape index (κ3) is 1.49. The summed E-state index contributed by atoms with van der Waals surface area (Å²) in [6, 6.07) is 0. The van der Waals surface area contributed by atoms with E-state index in [9.17, 15) is 24.9 Å². The van der Waals surface area contributed by atoms with Crippen LogP contribution in [0.3, 0.4) is 0 Å². The number of carbonyl (C=O) groups excluding carboxylic acids is 2. The molecule has 3 N–H and O–H groups in total. The van der Waals surface area contributed by atoms with E-state index in [0.717, 1.165) is 19.3 Å². The van der Waals surface area contributed by atoms with E-state index in [0.29, 0.717) is 12.8 Å². The van der Waals surface area contributed by atoms with Crippen LogP contribution in [-0.4, -0.2) is 44.2 Å². The number of aliphatic hydroxyl groups excluding tert-OH is 1. The Morgan fingerprint density at radius 2 is 1.71 bits per heavy atom. The van der Waals surface area contributed by atoms with Crippen molar-refractivity contribution in [2.45, 2.75) is 83.0 Å². The molecule has 0 aromatic heterocycles. The molecule has 1 unspecified atom stereocenters. The van der Waals surface area contributed by atoms with Gasteiger partial charge in [0.2, 0.25) is 0 Å². The molecule has 4 aliphatic carbocycles. The Morgan fingerprint density at radius 3 is 2.38 bits per heavy atom. The number of Topliss-reactive ketones (excluding diaryl/α,β-unsaturated/α-hetero) is 2. The van der Waals surface area contributed by atoms with E-state index in [2.05, 4.69) is 13.8 Å². The number of hydrogen-bond donors (Lipinski definition) is 3. The Morgan fingerprint density at radius 1 is 1.04 bits per heavy atom. The third-order valence-corrected chi connectivity index (χ3v) is 8.38. The normalized spacial score (nSPS) is 55.9. The number of fused-ring (bicyclic) bond motifs is 3. The Kier molecular flexibility index (Phi) is 2.99. The van der Waals surface area contributed by atoms with Crippen LogP contribution in [0.1, 0.15) is 65.7 Å². The van der Waals surface area contributed by atoms with Crippen molar-refractivity contribution < 1.29 is 24.9 Å². The van der Waals surface area contributed by atoms with Crippen LogP contribution in [0.5, 0.6) is 0 Å². The molecule has 0 aromatic rings. The number of aliphatic hydroxyl groups is 3. The second-order valence-electron chi connectivity index (χ2n) is 9.81. The zero-order chi connectivity index (χ0) is 17.8. The fraction of sp³-hybridized carbons (Fsp3) is 0.895. The molecule has 5 nitrogen and oxygen atoms in total. The molecule has 4 saturated carbocycles. The minimum absolute atomic E-state index is 0.00494. The van der Waals surface area contributed by atoms with Crippen molar-refractivity contribution in [3.8, 4) is 0 Å². The maximum absolute atomic E-state index is 13.1. The fourth-order valence-electron chi connectivity index (χ4n) is 7.25. The van der Waals surface area contributed by atoms with Crippen molar-refractivity contribution in [1.29, 1.82) is 0 Å². The highest BCUT2D eigenvalue weighted by atomic mass is 16.4. The lowest BCUT2D eigenvalue weighted by molar-refractivity contribution is -0.262. The molecular weight excluding hydrogens is 308 g/mol. The first-order valence-electron chi connectivity index (χ1n) is 9.15. The highest BCUT2D eigenvalue weighted by Crippen LogP contribution is 2.72. The number of rotatable bonds is 0. The molecule has 134 valence electrons. The van der Waals surface area contributed by atoms with Gasteiger partial charge in [0.15, 0.2) is 23.3 Å². The second kappa shape index (κ2) is 4.30. The molecule has 5 heteroatoms. The standard InChI is InChI=1S/C19H28O5/c1-15(2)6-4-7-16(3)11(15)5-8-17-9-12(20)18(23,10-17)13(21)14(22)19(16,17)24/h11,13,21,23-24H,4-10H2,1-3H3/t11-,13+,16-,17?,18-,19-/m1/s1. The predicted octanol–water partition coefficient (Wildman–Crippen LogP) is 1.37. The summed E-state index contributed by atoms with van der Waals surface area (Å²) in [5.74, 6) is -1.06. The molecule has 0 heterocycles. The largest absolute Gasteiger partial charge is 0.382 e. The second-order valence-corrected chi connectivity index (χ2v) is 9.81. The van der Waals surface area contributed by atoms with E-state index < -0.39 is 39.7 Å². The Bertz CT molecular complexity index is 642. The third-order valence-electron chi connectivity index (χ3n) is 8.38. The molecule has 4 rings (SSSR count). The van der Waals surface area contributed by atoms with Crippen LogP contribution >= 0.6 is 0 Å². The van der Waals surface area contributed by atoms with Gasteiger partial charge in [-0.25, -0.2) is 0 Å². The van der Waals surface area contributed by atoms with Crippen LogP contribution in [0.15, 0.2) is 0 Å². The van der Waals surface area contributed by atoms with E-state index in [1.807, 2.05) is 6.92 Å². The monoisotopic (exact) mass is 336 g/mol. The molecule has 2 bridgehead atoms. The Balaban J connectivity index is 1.92. The number of hydrogen-bond acceptors (Lipinski definition) is 5. The average molecular weight is 336 g/mol. The molecule has 4 fully saturated rings. The van der Waals surface area contributed by atoms with Gasteiger partial charge in [0.25, 0.3) is 0 Å². The lowest BCUT2D eigenvalue weighted by Gasteiger charge is -2.67. The maximum Gasteiger partial charge on any atom is 0.197 e. The van der Waals surface area contributed by atoms with E-state index >= 15 is 0 Å². The van der Waals surface area contributed by atoms with E-state index in [4.69, 9.17) is 0 Å². The van der Waals surface area contributed by atoms with E-state index in [1.165, 1.54) is 0 Å². The molecule has 6 atom stereocenters. The summed E-state index contributed by atoms with van der Waals surface area (Å²) in [4.78, 5) is 25.6. The van der Waals surface area contributed by atoms with Gasteiger partial charge in [-0.2, -0.15) is 0 Å². The highest BCUT2D eigenvalue weighted by Gasteiger charge is 2.80. The zero-order valence-corrected chi connectivity index (χ0v) is 14.8. The van der Waals surface area contributed by atoms with Crippen molar-refractivity contribution in [2.24, 2.45) is 22.2 Å². The molecule has 0 saturated heterocycles. The lowest BCUT2D eigenvalue weighted by atomic mass is 9.38. The van der Waals surface area contributed by atoms with Crippen molar-refractivity contribution in [1.82, 2.24) is 0 Å². The molecule has 0 amide bonds. The molecule has 24 heavy (non-hydrogen) atoms. The van der Waals surface area contributed by atoms with Crippen LogP contribution in [0, 0.1) is 22.2 Å². The average Bonchev–Trinajstić information content (AvgIpc) is 2.73. The van der Waals surface area contributed by atoms with Crippen molar-refractivity contribution in [3.63, 3.8) is 0 Å². The van der Waals surface area contributed by atoms with Crippen LogP contribution in [0.2, 0.25) is 0 Å². The summed E-state index contributed by atoms with van der Waals surface area (Å²) in [7, 11) is 0. The summed E-state index contributed by atoms with van der Waals surface area (Å²) < 4.78 is 0. The van der Waals surface area contributed by atoms with Crippen LogP contribution in [-0.2, 0) is 9.59 Å². The first kappa shape index (κ1) is 16.7. The van der Waals surface area contributed by atoms with Crippen LogP contribution in [0.25, 0.3) is 0 Å². The summed E-state index contributed by atoms with van der Waals surface area (Å²) in [5, 5.41) is 32.9. The zero-order valence-electron chi connectivity index (χ0n) is 14.8. The minimum Gasteiger partial charge on any atom is -0.382 e. The summed E-state index contributed by atoms with van der Waals surface area (Å²) in [6.45, 7) is 6.35. The Hall–Kier alpha value is -0.780. The van der Waals surface area contributed by atoms with Crippen LogP contribution in [0.4, 0.5) is 0 Å². The van der Waals surface area contributed by atoms with Gasteiger partial charge in [-0.15, -0.1) is 0 Å². The lowest BCUT2D eigenvalue weighted by Crippen LogP contribution is -2.76. The van der Waals surface area contributed by atoms with Gasteiger partial charge in [-0.1, -0.05) is 27.2 Å².